The summed E-state index contributed by atoms with van der Waals surface area (Å²) < 4.78 is 4.96. The van der Waals surface area contributed by atoms with Gasteiger partial charge in [-0.25, -0.2) is 0 Å². The SMILES string of the molecule is CCCN(CCC(=O)NC(C)c1ccccc1)C(=O)c1ccoc1. The van der Waals surface area contributed by atoms with Gasteiger partial charge in [-0.05, 0) is 25.0 Å². The van der Waals surface area contributed by atoms with Crippen molar-refractivity contribution in [2.24, 2.45) is 0 Å². The number of furan rings is 1. The Labute approximate surface area is 142 Å². The fourth-order valence-corrected chi connectivity index (χ4v) is 2.53. The second-order valence-corrected chi connectivity index (χ2v) is 5.75. The fourth-order valence-electron chi connectivity index (χ4n) is 2.53. The van der Waals surface area contributed by atoms with Gasteiger partial charge in [0.2, 0.25) is 5.91 Å². The van der Waals surface area contributed by atoms with E-state index in [0.717, 1.165) is 12.0 Å². The highest BCUT2D eigenvalue weighted by Gasteiger charge is 2.18. The van der Waals surface area contributed by atoms with E-state index in [-0.39, 0.29) is 24.3 Å². The van der Waals surface area contributed by atoms with Crippen molar-refractivity contribution >= 4 is 11.8 Å². The lowest BCUT2D eigenvalue weighted by atomic mass is 10.1. The summed E-state index contributed by atoms with van der Waals surface area (Å²) in [6, 6.07) is 11.4. The van der Waals surface area contributed by atoms with Crippen LogP contribution in [0.5, 0.6) is 0 Å². The second kappa shape index (κ2) is 8.91. The van der Waals surface area contributed by atoms with Crippen molar-refractivity contribution in [2.45, 2.75) is 32.7 Å². The van der Waals surface area contributed by atoms with Crippen molar-refractivity contribution < 1.29 is 14.0 Å². The fraction of sp³-hybridized carbons (Fsp3) is 0.368. The van der Waals surface area contributed by atoms with Gasteiger partial charge in [0.1, 0.15) is 6.26 Å². The molecule has 0 saturated carbocycles. The predicted octanol–water partition coefficient (Wildman–Crippen LogP) is 3.40. The highest BCUT2D eigenvalue weighted by Crippen LogP contribution is 2.12. The minimum Gasteiger partial charge on any atom is -0.472 e. The van der Waals surface area contributed by atoms with Crippen LogP contribution in [-0.2, 0) is 4.79 Å². The molecule has 5 heteroatoms. The summed E-state index contributed by atoms with van der Waals surface area (Å²) in [5.41, 5.74) is 1.58. The standard InChI is InChI=1S/C19H24N2O3/c1-3-11-21(19(23)17-10-13-24-14-17)12-9-18(22)20-15(2)16-7-5-4-6-8-16/h4-8,10,13-15H,3,9,11-12H2,1-2H3,(H,20,22). The molecule has 0 radical (unpaired) electrons. The van der Waals surface area contributed by atoms with Gasteiger partial charge in [0, 0.05) is 19.5 Å². The number of nitrogens with zero attached hydrogens (tertiary/aromatic N) is 1. The van der Waals surface area contributed by atoms with Gasteiger partial charge in [0.25, 0.3) is 5.91 Å². The summed E-state index contributed by atoms with van der Waals surface area (Å²) in [4.78, 5) is 26.3. The Bertz CT molecular complexity index is 638. The first-order chi connectivity index (χ1) is 11.6. The van der Waals surface area contributed by atoms with Gasteiger partial charge < -0.3 is 14.6 Å². The Kier molecular flexibility index (Phi) is 6.61. The van der Waals surface area contributed by atoms with Crippen LogP contribution in [0.2, 0.25) is 0 Å². The van der Waals surface area contributed by atoms with E-state index in [0.29, 0.717) is 18.7 Å². The van der Waals surface area contributed by atoms with Gasteiger partial charge in [-0.15, -0.1) is 0 Å². The summed E-state index contributed by atoms with van der Waals surface area (Å²) in [7, 11) is 0. The van der Waals surface area contributed by atoms with E-state index in [4.69, 9.17) is 4.42 Å². The van der Waals surface area contributed by atoms with Gasteiger partial charge >= 0.3 is 0 Å². The molecule has 0 aliphatic heterocycles. The van der Waals surface area contributed by atoms with E-state index in [1.165, 1.54) is 12.5 Å². The average molecular weight is 328 g/mol. The molecular formula is C19H24N2O3. The largest absolute Gasteiger partial charge is 0.472 e. The molecule has 5 nitrogen and oxygen atoms in total. The maximum absolute atomic E-state index is 12.4. The minimum absolute atomic E-state index is 0.0529. The molecule has 128 valence electrons. The molecule has 2 rings (SSSR count). The van der Waals surface area contributed by atoms with Crippen LogP contribution < -0.4 is 5.32 Å². The number of amides is 2. The maximum atomic E-state index is 12.4. The molecule has 1 aromatic carbocycles. The van der Waals surface area contributed by atoms with E-state index < -0.39 is 0 Å². The van der Waals surface area contributed by atoms with Crippen LogP contribution in [0.1, 0.15) is 48.7 Å². The van der Waals surface area contributed by atoms with E-state index in [9.17, 15) is 9.59 Å². The van der Waals surface area contributed by atoms with Gasteiger partial charge in [-0.3, -0.25) is 9.59 Å². The predicted molar refractivity (Wildman–Crippen MR) is 92.5 cm³/mol. The van der Waals surface area contributed by atoms with Gasteiger partial charge in [-0.2, -0.15) is 0 Å². The zero-order chi connectivity index (χ0) is 17.4. The topological polar surface area (TPSA) is 62.6 Å². The van der Waals surface area contributed by atoms with Crippen molar-refractivity contribution in [2.75, 3.05) is 13.1 Å². The van der Waals surface area contributed by atoms with Crippen LogP contribution >= 0.6 is 0 Å². The zero-order valence-electron chi connectivity index (χ0n) is 14.2. The summed E-state index contributed by atoms with van der Waals surface area (Å²) >= 11 is 0. The van der Waals surface area contributed by atoms with Crippen molar-refractivity contribution in [3.63, 3.8) is 0 Å². The lowest BCUT2D eigenvalue weighted by Crippen LogP contribution is -2.36. The van der Waals surface area contributed by atoms with Gasteiger partial charge in [-0.1, -0.05) is 37.3 Å². The number of hydrogen-bond donors (Lipinski definition) is 1. The van der Waals surface area contributed by atoms with Crippen LogP contribution in [0.15, 0.2) is 53.3 Å². The molecule has 1 N–H and O–H groups in total. The second-order valence-electron chi connectivity index (χ2n) is 5.75. The zero-order valence-corrected chi connectivity index (χ0v) is 14.2. The third-order valence-corrected chi connectivity index (χ3v) is 3.83. The molecule has 2 amide bonds. The third-order valence-electron chi connectivity index (χ3n) is 3.83. The van der Waals surface area contributed by atoms with Crippen LogP contribution in [0.3, 0.4) is 0 Å². The lowest BCUT2D eigenvalue weighted by molar-refractivity contribution is -0.121. The van der Waals surface area contributed by atoms with Crippen LogP contribution in [0, 0.1) is 0 Å². The Morgan fingerprint density at radius 2 is 1.92 bits per heavy atom. The first-order valence-corrected chi connectivity index (χ1v) is 8.27. The molecule has 0 bridgehead atoms. The molecule has 1 unspecified atom stereocenters. The first-order valence-electron chi connectivity index (χ1n) is 8.27. The monoisotopic (exact) mass is 328 g/mol. The molecule has 2 aromatic rings. The molecule has 0 aliphatic carbocycles. The van der Waals surface area contributed by atoms with E-state index >= 15 is 0 Å². The Balaban J connectivity index is 1.87. The molecule has 0 aliphatic rings. The summed E-state index contributed by atoms with van der Waals surface area (Å²) in [5, 5.41) is 2.97. The number of hydrogen-bond acceptors (Lipinski definition) is 3. The number of benzene rings is 1. The van der Waals surface area contributed by atoms with Crippen molar-refractivity contribution in [3.8, 4) is 0 Å². The molecule has 24 heavy (non-hydrogen) atoms. The summed E-state index contributed by atoms with van der Waals surface area (Å²) in [5.74, 6) is -0.165. The summed E-state index contributed by atoms with van der Waals surface area (Å²) in [6.07, 6.45) is 4.03. The minimum atomic E-state index is -0.102. The molecule has 1 aromatic heterocycles. The quantitative estimate of drug-likeness (QED) is 0.808. The van der Waals surface area contributed by atoms with Crippen LogP contribution in [-0.4, -0.2) is 29.8 Å². The van der Waals surface area contributed by atoms with E-state index in [2.05, 4.69) is 5.32 Å². The molecule has 0 fully saturated rings. The van der Waals surface area contributed by atoms with E-state index in [1.54, 1.807) is 11.0 Å². The molecule has 1 atom stereocenters. The number of carbonyl (C=O) groups is 2. The molecular weight excluding hydrogens is 304 g/mol. The Morgan fingerprint density at radius 3 is 2.54 bits per heavy atom. The average Bonchev–Trinajstić information content (AvgIpc) is 3.13. The van der Waals surface area contributed by atoms with E-state index in [1.807, 2.05) is 44.2 Å². The Morgan fingerprint density at radius 1 is 1.17 bits per heavy atom. The van der Waals surface area contributed by atoms with Crippen molar-refractivity contribution in [1.82, 2.24) is 10.2 Å². The van der Waals surface area contributed by atoms with Crippen molar-refractivity contribution in [3.05, 3.63) is 60.1 Å². The first kappa shape index (κ1) is 17.8. The maximum Gasteiger partial charge on any atom is 0.257 e. The van der Waals surface area contributed by atoms with Crippen LogP contribution in [0.4, 0.5) is 0 Å². The molecule has 0 saturated heterocycles. The van der Waals surface area contributed by atoms with Crippen LogP contribution in [0.25, 0.3) is 0 Å². The number of carbonyl (C=O) groups excluding carboxylic acids is 2. The highest BCUT2D eigenvalue weighted by molar-refractivity contribution is 5.94. The summed E-state index contributed by atoms with van der Waals surface area (Å²) in [6.45, 7) is 4.97. The van der Waals surface area contributed by atoms with Gasteiger partial charge in [0.15, 0.2) is 0 Å². The molecule has 1 heterocycles. The van der Waals surface area contributed by atoms with Crippen molar-refractivity contribution in [1.29, 1.82) is 0 Å². The lowest BCUT2D eigenvalue weighted by Gasteiger charge is -2.22. The highest BCUT2D eigenvalue weighted by atomic mass is 16.3. The smallest absolute Gasteiger partial charge is 0.257 e. The molecule has 0 spiro atoms. The number of nitrogens with one attached hydrogen (secondary N) is 1. The third kappa shape index (κ3) is 4.98. The van der Waals surface area contributed by atoms with Gasteiger partial charge in [0.05, 0.1) is 17.9 Å². The Hall–Kier alpha value is -2.56. The number of rotatable bonds is 8. The normalized spacial score (nSPS) is 11.8.